The highest BCUT2D eigenvalue weighted by Gasteiger charge is 2.19. The molecule has 0 saturated carbocycles. The van der Waals surface area contributed by atoms with E-state index in [1.807, 2.05) is 0 Å². The molecule has 6 heteroatoms. The van der Waals surface area contributed by atoms with Crippen LogP contribution in [0, 0.1) is 0 Å². The molecule has 0 aliphatic carbocycles. The Kier molecular flexibility index (Phi) is 63.7. The van der Waals surface area contributed by atoms with Crippen molar-refractivity contribution in [3.05, 3.63) is 72.9 Å². The minimum absolute atomic E-state index is 0.0870. The molecule has 0 aromatic heterocycles. The molecule has 78 heavy (non-hydrogen) atoms. The molecule has 0 aliphatic rings. The highest BCUT2D eigenvalue weighted by atomic mass is 16.6. The standard InChI is InChI=1S/C72H128O6/c1-4-7-10-13-16-19-22-25-28-31-34-35-36-37-39-41-44-47-50-53-56-59-62-65-71(74)77-68-69(67-76-70(73)64-61-58-55-52-49-46-43-40-33-30-27-24-21-18-15-12-9-6-3)78-72(75)66-63-60-57-54-51-48-45-42-38-32-29-26-23-20-17-14-11-8-5-2/h8,11,17,20,26,29-30,33,38,42,48,51,69H,4-7,9-10,12-16,18-19,21-25,27-28,31-32,34-37,39-41,43-47,49-50,52-68H2,1-3H3/b11-8-,20-17-,29-26-,33-30-,42-38-,51-48-. The first-order valence-corrected chi connectivity index (χ1v) is 33.9. The third-order valence-corrected chi connectivity index (χ3v) is 14.9. The number of carbonyl (C=O) groups excluding carboxylic acids is 3. The summed E-state index contributed by atoms with van der Waals surface area (Å²) in [6, 6.07) is 0. The second-order valence-corrected chi connectivity index (χ2v) is 22.7. The van der Waals surface area contributed by atoms with Gasteiger partial charge in [0.25, 0.3) is 0 Å². The van der Waals surface area contributed by atoms with Gasteiger partial charge in [-0.25, -0.2) is 0 Å². The van der Waals surface area contributed by atoms with Gasteiger partial charge in [0.15, 0.2) is 6.10 Å². The lowest BCUT2D eigenvalue weighted by atomic mass is 10.0. The monoisotopic (exact) mass is 1090 g/mol. The summed E-state index contributed by atoms with van der Waals surface area (Å²) in [4.78, 5) is 38.4. The van der Waals surface area contributed by atoms with Crippen molar-refractivity contribution in [3.63, 3.8) is 0 Å². The van der Waals surface area contributed by atoms with Crippen LogP contribution in [0.1, 0.15) is 348 Å². The van der Waals surface area contributed by atoms with Crippen molar-refractivity contribution in [3.8, 4) is 0 Å². The number of unbranched alkanes of at least 4 members (excludes halogenated alkanes) is 39. The van der Waals surface area contributed by atoms with Crippen molar-refractivity contribution in [2.75, 3.05) is 13.2 Å². The predicted octanol–water partition coefficient (Wildman–Crippen LogP) is 23.3. The van der Waals surface area contributed by atoms with Gasteiger partial charge in [-0.05, 0) is 89.9 Å². The third kappa shape index (κ3) is 63.7. The molecule has 0 rings (SSSR count). The number of hydrogen-bond donors (Lipinski definition) is 0. The molecule has 0 radical (unpaired) electrons. The van der Waals surface area contributed by atoms with Crippen LogP contribution < -0.4 is 0 Å². The van der Waals surface area contributed by atoms with E-state index in [-0.39, 0.29) is 31.1 Å². The quantitative estimate of drug-likeness (QED) is 0.0261. The Morgan fingerprint density at radius 2 is 0.500 bits per heavy atom. The molecular weight excluding hydrogens is 961 g/mol. The van der Waals surface area contributed by atoms with Gasteiger partial charge in [0, 0.05) is 19.3 Å². The van der Waals surface area contributed by atoms with Crippen LogP contribution in [0.5, 0.6) is 0 Å². The van der Waals surface area contributed by atoms with Gasteiger partial charge in [-0.1, -0.05) is 312 Å². The zero-order chi connectivity index (χ0) is 56.4. The first-order chi connectivity index (χ1) is 38.5. The molecule has 0 amide bonds. The van der Waals surface area contributed by atoms with Crippen LogP contribution in [0.2, 0.25) is 0 Å². The number of rotatable bonds is 62. The zero-order valence-corrected chi connectivity index (χ0v) is 51.9. The van der Waals surface area contributed by atoms with Crippen molar-refractivity contribution in [1.82, 2.24) is 0 Å². The Hall–Kier alpha value is -3.15. The summed E-state index contributed by atoms with van der Waals surface area (Å²) in [6.45, 7) is 6.55. The van der Waals surface area contributed by atoms with Crippen molar-refractivity contribution in [2.45, 2.75) is 354 Å². The highest BCUT2D eigenvalue weighted by molar-refractivity contribution is 5.71. The smallest absolute Gasteiger partial charge is 0.306 e. The van der Waals surface area contributed by atoms with Crippen molar-refractivity contribution in [2.24, 2.45) is 0 Å². The maximum absolute atomic E-state index is 12.9. The van der Waals surface area contributed by atoms with E-state index in [0.29, 0.717) is 19.3 Å². The molecular formula is C72H128O6. The average Bonchev–Trinajstić information content (AvgIpc) is 3.44. The molecule has 0 aromatic rings. The van der Waals surface area contributed by atoms with Crippen LogP contribution in [-0.4, -0.2) is 37.2 Å². The lowest BCUT2D eigenvalue weighted by molar-refractivity contribution is -0.167. The number of hydrogen-bond acceptors (Lipinski definition) is 6. The second-order valence-electron chi connectivity index (χ2n) is 22.7. The molecule has 0 fully saturated rings. The maximum Gasteiger partial charge on any atom is 0.306 e. The summed E-state index contributed by atoms with van der Waals surface area (Å²) in [5, 5.41) is 0. The molecule has 0 heterocycles. The van der Waals surface area contributed by atoms with Crippen LogP contribution in [-0.2, 0) is 28.6 Å². The van der Waals surface area contributed by atoms with E-state index in [9.17, 15) is 14.4 Å². The molecule has 0 bridgehead atoms. The summed E-state index contributed by atoms with van der Waals surface area (Å²) in [6.07, 6.45) is 86.3. The summed E-state index contributed by atoms with van der Waals surface area (Å²) in [7, 11) is 0. The first-order valence-electron chi connectivity index (χ1n) is 33.9. The Labute approximate surface area is 484 Å². The van der Waals surface area contributed by atoms with E-state index in [2.05, 4.69) is 93.7 Å². The van der Waals surface area contributed by atoms with Crippen LogP contribution >= 0.6 is 0 Å². The lowest BCUT2D eigenvalue weighted by Gasteiger charge is -2.18. The van der Waals surface area contributed by atoms with Crippen LogP contribution in [0.4, 0.5) is 0 Å². The topological polar surface area (TPSA) is 78.9 Å². The number of allylic oxidation sites excluding steroid dienone is 12. The Bertz CT molecular complexity index is 1440. The van der Waals surface area contributed by atoms with Crippen LogP contribution in [0.25, 0.3) is 0 Å². The van der Waals surface area contributed by atoms with Gasteiger partial charge in [-0.15, -0.1) is 0 Å². The van der Waals surface area contributed by atoms with Gasteiger partial charge >= 0.3 is 17.9 Å². The molecule has 1 unspecified atom stereocenters. The van der Waals surface area contributed by atoms with E-state index in [1.165, 1.54) is 212 Å². The molecule has 0 aliphatic heterocycles. The highest BCUT2D eigenvalue weighted by Crippen LogP contribution is 2.18. The number of carbonyl (C=O) groups is 3. The average molecular weight is 1090 g/mol. The normalized spacial score (nSPS) is 12.5. The Balaban J connectivity index is 4.38. The molecule has 1 atom stereocenters. The summed E-state index contributed by atoms with van der Waals surface area (Å²) >= 11 is 0. The van der Waals surface area contributed by atoms with Crippen LogP contribution in [0.15, 0.2) is 72.9 Å². The number of ether oxygens (including phenoxy) is 3. The van der Waals surface area contributed by atoms with Gasteiger partial charge in [0.05, 0.1) is 0 Å². The van der Waals surface area contributed by atoms with Gasteiger partial charge < -0.3 is 14.2 Å². The molecule has 452 valence electrons. The first kappa shape index (κ1) is 74.8. The van der Waals surface area contributed by atoms with Crippen molar-refractivity contribution in [1.29, 1.82) is 0 Å². The molecule has 6 nitrogen and oxygen atoms in total. The second kappa shape index (κ2) is 66.4. The van der Waals surface area contributed by atoms with E-state index >= 15 is 0 Å². The van der Waals surface area contributed by atoms with Gasteiger partial charge in [0.1, 0.15) is 13.2 Å². The lowest BCUT2D eigenvalue weighted by Crippen LogP contribution is -2.30. The summed E-state index contributed by atoms with van der Waals surface area (Å²) in [5.74, 6) is -0.904. The summed E-state index contributed by atoms with van der Waals surface area (Å²) < 4.78 is 17.0. The van der Waals surface area contributed by atoms with Crippen molar-refractivity contribution >= 4 is 17.9 Å². The van der Waals surface area contributed by atoms with E-state index < -0.39 is 6.10 Å². The van der Waals surface area contributed by atoms with Gasteiger partial charge in [0.2, 0.25) is 0 Å². The van der Waals surface area contributed by atoms with E-state index in [0.717, 1.165) is 96.3 Å². The van der Waals surface area contributed by atoms with Crippen LogP contribution in [0.3, 0.4) is 0 Å². The fraction of sp³-hybridized carbons (Fsp3) is 0.792. The Morgan fingerprint density at radius 1 is 0.269 bits per heavy atom. The third-order valence-electron chi connectivity index (χ3n) is 14.9. The fourth-order valence-electron chi connectivity index (χ4n) is 9.88. The minimum Gasteiger partial charge on any atom is -0.462 e. The molecule has 0 aromatic carbocycles. The number of esters is 3. The van der Waals surface area contributed by atoms with Gasteiger partial charge in [-0.2, -0.15) is 0 Å². The minimum atomic E-state index is -0.795. The Morgan fingerprint density at radius 3 is 0.808 bits per heavy atom. The maximum atomic E-state index is 12.9. The van der Waals surface area contributed by atoms with E-state index in [1.54, 1.807) is 0 Å². The van der Waals surface area contributed by atoms with Gasteiger partial charge in [-0.3, -0.25) is 14.4 Å². The van der Waals surface area contributed by atoms with Crippen molar-refractivity contribution < 1.29 is 28.6 Å². The summed E-state index contributed by atoms with van der Waals surface area (Å²) in [5.41, 5.74) is 0. The predicted molar refractivity (Wildman–Crippen MR) is 339 cm³/mol. The fourth-order valence-corrected chi connectivity index (χ4v) is 9.88. The largest absolute Gasteiger partial charge is 0.462 e. The molecule has 0 spiro atoms. The zero-order valence-electron chi connectivity index (χ0n) is 51.9. The molecule has 0 N–H and O–H groups in total. The SMILES string of the molecule is CC/C=C\C/C=C\C/C=C\C/C=C\C/C=C\CCCCCC(=O)OC(COC(=O)CCCCCCCCC/C=C\CCCCCCCCC)COC(=O)CCCCCCCCCCCCCCCCCCCCCCCCC. The van der Waals surface area contributed by atoms with E-state index in [4.69, 9.17) is 14.2 Å². The molecule has 0 saturated heterocycles.